The number of rotatable bonds is 13. The number of halogens is 1. The maximum atomic E-state index is 12.6. The second kappa shape index (κ2) is 15.3. The van der Waals surface area contributed by atoms with Crippen LogP contribution in [0.15, 0.2) is 65.0 Å². The summed E-state index contributed by atoms with van der Waals surface area (Å²) in [5, 5.41) is 38.6. The Morgan fingerprint density at radius 2 is 1.84 bits per heavy atom. The number of hydrogen-bond acceptors (Lipinski definition) is 10. The summed E-state index contributed by atoms with van der Waals surface area (Å²) in [6, 6.07) is 15.8. The van der Waals surface area contributed by atoms with Crippen LogP contribution in [0.1, 0.15) is 44.7 Å². The summed E-state index contributed by atoms with van der Waals surface area (Å²) in [5.74, 6) is -0.936. The van der Waals surface area contributed by atoms with E-state index in [1.165, 1.54) is 13.2 Å². The molecule has 2 atom stereocenters. The molecule has 44 heavy (non-hydrogen) atoms. The summed E-state index contributed by atoms with van der Waals surface area (Å²) in [7, 11) is 1.27. The van der Waals surface area contributed by atoms with Gasteiger partial charge in [-0.05, 0) is 57.5 Å². The van der Waals surface area contributed by atoms with Crippen molar-refractivity contribution in [2.75, 3.05) is 33.4 Å². The first-order valence-corrected chi connectivity index (χ1v) is 14.2. The summed E-state index contributed by atoms with van der Waals surface area (Å²) in [6.45, 7) is 7.39. The number of allylic oxidation sites excluding steroid dienone is 3. The maximum absolute atomic E-state index is 12.6. The molecule has 4 N–H and O–H groups in total. The van der Waals surface area contributed by atoms with E-state index in [4.69, 9.17) is 31.1 Å². The molecule has 0 radical (unpaired) electrons. The van der Waals surface area contributed by atoms with Crippen molar-refractivity contribution in [2.24, 2.45) is 0 Å². The highest BCUT2D eigenvalue weighted by Gasteiger charge is 2.35. The summed E-state index contributed by atoms with van der Waals surface area (Å²) < 4.78 is 16.2. The smallest absolute Gasteiger partial charge is 0.336 e. The van der Waals surface area contributed by atoms with Crippen LogP contribution in [0, 0.1) is 22.7 Å². The van der Waals surface area contributed by atoms with Crippen LogP contribution in [-0.4, -0.2) is 62.0 Å². The van der Waals surface area contributed by atoms with Gasteiger partial charge in [-0.15, -0.1) is 0 Å². The van der Waals surface area contributed by atoms with Crippen molar-refractivity contribution in [3.05, 3.63) is 81.2 Å². The Bertz CT molecular complexity index is 1540. The first-order chi connectivity index (χ1) is 20.9. The average molecular weight is 622 g/mol. The van der Waals surface area contributed by atoms with Crippen LogP contribution in [0.5, 0.6) is 11.5 Å². The van der Waals surface area contributed by atoms with Gasteiger partial charge < -0.3 is 35.3 Å². The van der Waals surface area contributed by atoms with Crippen molar-refractivity contribution in [3.63, 3.8) is 0 Å². The zero-order valence-corrected chi connectivity index (χ0v) is 26.0. The third kappa shape index (κ3) is 8.74. The number of carbonyl (C=O) groups is 2. The molecule has 1 aliphatic rings. The number of hydrogen-bond donors (Lipinski definition) is 4. The molecular weight excluding hydrogens is 586 g/mol. The van der Waals surface area contributed by atoms with E-state index in [1.54, 1.807) is 50.2 Å². The Labute approximate surface area is 262 Å². The van der Waals surface area contributed by atoms with Crippen LogP contribution < -0.4 is 25.4 Å². The van der Waals surface area contributed by atoms with Crippen LogP contribution in [-0.2, 0) is 14.3 Å². The summed E-state index contributed by atoms with van der Waals surface area (Å²) in [4.78, 5) is 25.1. The van der Waals surface area contributed by atoms with Gasteiger partial charge >= 0.3 is 5.97 Å². The lowest BCUT2D eigenvalue weighted by molar-refractivity contribution is -0.136. The molecule has 0 aromatic heterocycles. The van der Waals surface area contributed by atoms with E-state index in [2.05, 4.69) is 22.0 Å². The molecule has 2 unspecified atom stereocenters. The van der Waals surface area contributed by atoms with Gasteiger partial charge in [-0.3, -0.25) is 4.79 Å². The highest BCUT2D eigenvalue weighted by molar-refractivity contribution is 6.31. The van der Waals surface area contributed by atoms with Crippen molar-refractivity contribution in [1.82, 2.24) is 16.0 Å². The zero-order chi connectivity index (χ0) is 32.4. The number of β-amino-alcohol motifs (C(OH)–C–C–N with tert-alkyl or cyclic N) is 1. The number of nitriles is 2. The monoisotopic (exact) mass is 621 g/mol. The van der Waals surface area contributed by atoms with Crippen molar-refractivity contribution < 1.29 is 28.9 Å². The van der Waals surface area contributed by atoms with Gasteiger partial charge in [0.15, 0.2) is 6.61 Å². The number of nitrogens with zero attached hydrogens (tertiary/aromatic N) is 2. The quantitative estimate of drug-likeness (QED) is 0.243. The third-order valence-corrected chi connectivity index (χ3v) is 7.25. The van der Waals surface area contributed by atoms with Crippen LogP contribution in [0.2, 0.25) is 5.02 Å². The number of benzene rings is 2. The van der Waals surface area contributed by atoms with Crippen molar-refractivity contribution in [2.45, 2.75) is 45.3 Å². The molecule has 2 aromatic carbocycles. The number of dihydropyridines is 1. The van der Waals surface area contributed by atoms with Crippen molar-refractivity contribution in [1.29, 1.82) is 10.5 Å². The van der Waals surface area contributed by atoms with Gasteiger partial charge in [0, 0.05) is 35.0 Å². The van der Waals surface area contributed by atoms with Crippen LogP contribution >= 0.6 is 11.6 Å². The van der Waals surface area contributed by atoms with Crippen LogP contribution in [0.3, 0.4) is 0 Å². The zero-order valence-electron chi connectivity index (χ0n) is 25.3. The first kappa shape index (κ1) is 33.9. The Morgan fingerprint density at radius 1 is 1.11 bits per heavy atom. The largest absolute Gasteiger partial charge is 0.489 e. The third-order valence-electron chi connectivity index (χ3n) is 6.92. The second-order valence-electron chi connectivity index (χ2n) is 10.8. The molecule has 0 saturated carbocycles. The van der Waals surface area contributed by atoms with Crippen molar-refractivity contribution in [3.8, 4) is 23.6 Å². The maximum Gasteiger partial charge on any atom is 0.336 e. The van der Waals surface area contributed by atoms with Gasteiger partial charge in [-0.1, -0.05) is 29.8 Å². The topological polar surface area (TPSA) is 166 Å². The minimum Gasteiger partial charge on any atom is -0.489 e. The number of carbonyl (C=O) groups excluding carboxylic acids is 2. The first-order valence-electron chi connectivity index (χ1n) is 13.8. The minimum atomic E-state index is -0.843. The standard InChI is InChI=1S/C32H36ClN5O6/c1-19-25(14-35)30(29(20(2)38-19)31(41)42-5)24-11-10-23(12-26(24)33)43-17-28(40)36-18-32(3,4)37-15-22(39)16-44-27-9-7-6-8-21(27)13-34/h6-12,22,30,37-39H,15-18H2,1-5H3,(H,36,40). The van der Waals surface area contributed by atoms with Gasteiger partial charge in [0.05, 0.1) is 35.8 Å². The van der Waals surface area contributed by atoms with Gasteiger partial charge in [0.2, 0.25) is 0 Å². The highest BCUT2D eigenvalue weighted by Crippen LogP contribution is 2.41. The predicted octanol–water partition coefficient (Wildman–Crippen LogP) is 3.45. The van der Waals surface area contributed by atoms with Crippen molar-refractivity contribution >= 4 is 23.5 Å². The molecule has 0 fully saturated rings. The lowest BCUT2D eigenvalue weighted by Gasteiger charge is -2.29. The number of aliphatic hydroxyl groups excluding tert-OH is 1. The Hall–Kier alpha value is -4.55. The molecule has 0 aliphatic carbocycles. The average Bonchev–Trinajstić information content (AvgIpc) is 3.00. The lowest BCUT2D eigenvalue weighted by atomic mass is 9.81. The van der Waals surface area contributed by atoms with E-state index in [9.17, 15) is 20.0 Å². The van der Waals surface area contributed by atoms with Gasteiger partial charge in [-0.25, -0.2) is 4.79 Å². The van der Waals surface area contributed by atoms with Crippen LogP contribution in [0.25, 0.3) is 0 Å². The molecule has 11 nitrogen and oxygen atoms in total. The molecule has 1 heterocycles. The Balaban J connectivity index is 1.53. The van der Waals surface area contributed by atoms with Gasteiger partial charge in [0.1, 0.15) is 30.3 Å². The highest BCUT2D eigenvalue weighted by atomic mass is 35.5. The summed E-state index contributed by atoms with van der Waals surface area (Å²) >= 11 is 6.60. The van der Waals surface area contributed by atoms with E-state index in [0.29, 0.717) is 39.6 Å². The van der Waals surface area contributed by atoms with Gasteiger partial charge in [-0.2, -0.15) is 10.5 Å². The molecule has 2 aromatic rings. The lowest BCUT2D eigenvalue weighted by Crippen LogP contribution is -2.52. The van der Waals surface area contributed by atoms with E-state index in [0.717, 1.165) is 0 Å². The Morgan fingerprint density at radius 3 is 2.50 bits per heavy atom. The van der Waals surface area contributed by atoms with E-state index < -0.39 is 23.5 Å². The molecule has 1 amide bonds. The fourth-order valence-corrected chi connectivity index (χ4v) is 4.85. The fraction of sp³-hybridized carbons (Fsp3) is 0.375. The number of para-hydroxylation sites is 1. The number of methoxy groups -OCH3 is 1. The Kier molecular flexibility index (Phi) is 11.8. The molecular formula is C32H36ClN5O6. The number of esters is 1. The molecule has 0 spiro atoms. The summed E-state index contributed by atoms with van der Waals surface area (Å²) in [5.41, 5.74) is 2.14. The van der Waals surface area contributed by atoms with Crippen LogP contribution in [0.4, 0.5) is 0 Å². The second-order valence-corrected chi connectivity index (χ2v) is 11.2. The molecule has 232 valence electrons. The molecule has 0 saturated heterocycles. The minimum absolute atomic E-state index is 0.00538. The number of aliphatic hydroxyl groups is 1. The number of amides is 1. The normalized spacial score (nSPS) is 15.4. The molecule has 1 aliphatic heterocycles. The molecule has 12 heteroatoms. The molecule has 0 bridgehead atoms. The predicted molar refractivity (Wildman–Crippen MR) is 164 cm³/mol. The van der Waals surface area contributed by atoms with Gasteiger partial charge in [0.25, 0.3) is 5.91 Å². The SMILES string of the molecule is COC(=O)C1=C(C)NC(C)=C(C#N)C1c1ccc(OCC(=O)NCC(C)(C)NCC(O)COc2ccccc2C#N)cc1Cl. The molecule has 3 rings (SSSR count). The number of nitrogens with one attached hydrogen (secondary N) is 3. The van der Waals surface area contributed by atoms with E-state index in [1.807, 2.05) is 19.9 Å². The number of ether oxygens (including phenoxy) is 3. The van der Waals surface area contributed by atoms with E-state index >= 15 is 0 Å². The van der Waals surface area contributed by atoms with E-state index in [-0.39, 0.29) is 42.8 Å². The summed E-state index contributed by atoms with van der Waals surface area (Å²) in [6.07, 6.45) is -0.843. The fourth-order valence-electron chi connectivity index (χ4n) is 4.57.